The molecule has 0 aromatic heterocycles. The SMILES string of the molecule is O=C1CN(C(=O)COc2ccccc2F)CCCN1. The largest absolute Gasteiger partial charge is 0.481 e. The van der Waals surface area contributed by atoms with E-state index in [1.165, 1.54) is 17.0 Å². The van der Waals surface area contributed by atoms with Crippen LogP contribution in [0.1, 0.15) is 6.42 Å². The van der Waals surface area contributed by atoms with Gasteiger partial charge < -0.3 is 15.0 Å². The summed E-state index contributed by atoms with van der Waals surface area (Å²) >= 11 is 0. The normalized spacial score (nSPS) is 15.6. The maximum Gasteiger partial charge on any atom is 0.260 e. The van der Waals surface area contributed by atoms with E-state index in [9.17, 15) is 14.0 Å². The van der Waals surface area contributed by atoms with Gasteiger partial charge in [0.2, 0.25) is 5.91 Å². The molecule has 2 amide bonds. The molecule has 5 nitrogen and oxygen atoms in total. The van der Waals surface area contributed by atoms with Gasteiger partial charge in [0, 0.05) is 13.1 Å². The Morgan fingerprint density at radius 2 is 2.21 bits per heavy atom. The Hall–Kier alpha value is -2.11. The van der Waals surface area contributed by atoms with E-state index in [0.29, 0.717) is 19.5 Å². The highest BCUT2D eigenvalue weighted by Gasteiger charge is 2.20. The van der Waals surface area contributed by atoms with Crippen LogP contribution >= 0.6 is 0 Å². The van der Waals surface area contributed by atoms with Crippen molar-refractivity contribution in [1.29, 1.82) is 0 Å². The van der Waals surface area contributed by atoms with E-state index in [0.717, 1.165) is 0 Å². The molecule has 1 aromatic carbocycles. The zero-order valence-electron chi connectivity index (χ0n) is 10.4. The molecule has 0 bridgehead atoms. The van der Waals surface area contributed by atoms with Crippen LogP contribution in [0.25, 0.3) is 0 Å². The molecule has 0 aliphatic carbocycles. The molecule has 102 valence electrons. The van der Waals surface area contributed by atoms with E-state index < -0.39 is 5.82 Å². The van der Waals surface area contributed by atoms with E-state index >= 15 is 0 Å². The van der Waals surface area contributed by atoms with Crippen molar-refractivity contribution >= 4 is 11.8 Å². The smallest absolute Gasteiger partial charge is 0.260 e. The Kier molecular flexibility index (Phi) is 4.33. The van der Waals surface area contributed by atoms with Gasteiger partial charge in [0.05, 0.1) is 6.54 Å². The van der Waals surface area contributed by atoms with Crippen molar-refractivity contribution < 1.29 is 18.7 Å². The zero-order valence-corrected chi connectivity index (χ0v) is 10.4. The van der Waals surface area contributed by atoms with E-state index in [-0.39, 0.29) is 30.7 Å². The number of hydrogen-bond acceptors (Lipinski definition) is 3. The number of benzene rings is 1. The number of carbonyl (C=O) groups is 2. The number of nitrogens with zero attached hydrogens (tertiary/aromatic N) is 1. The molecule has 1 saturated heterocycles. The van der Waals surface area contributed by atoms with Gasteiger partial charge >= 0.3 is 0 Å². The number of amides is 2. The fourth-order valence-electron chi connectivity index (χ4n) is 1.81. The molecule has 19 heavy (non-hydrogen) atoms. The third-order valence-electron chi connectivity index (χ3n) is 2.80. The van der Waals surface area contributed by atoms with Crippen molar-refractivity contribution in [1.82, 2.24) is 10.2 Å². The zero-order chi connectivity index (χ0) is 13.7. The maximum absolute atomic E-state index is 13.3. The van der Waals surface area contributed by atoms with Crippen LogP contribution in [0.3, 0.4) is 0 Å². The average molecular weight is 266 g/mol. The van der Waals surface area contributed by atoms with E-state index in [2.05, 4.69) is 5.32 Å². The first-order chi connectivity index (χ1) is 9.16. The van der Waals surface area contributed by atoms with Gasteiger partial charge in [-0.25, -0.2) is 4.39 Å². The van der Waals surface area contributed by atoms with Crippen LogP contribution in [-0.4, -0.2) is 43.0 Å². The van der Waals surface area contributed by atoms with Gasteiger partial charge in [0.25, 0.3) is 5.91 Å². The second-order valence-electron chi connectivity index (χ2n) is 4.24. The molecule has 1 aliphatic rings. The molecule has 0 atom stereocenters. The molecule has 1 N–H and O–H groups in total. The number of rotatable bonds is 3. The fourth-order valence-corrected chi connectivity index (χ4v) is 1.81. The minimum absolute atomic E-state index is 0.0272. The molecule has 1 aromatic rings. The summed E-state index contributed by atoms with van der Waals surface area (Å²) < 4.78 is 18.4. The summed E-state index contributed by atoms with van der Waals surface area (Å²) in [6, 6.07) is 5.89. The number of para-hydroxylation sites is 1. The van der Waals surface area contributed by atoms with Crippen LogP contribution < -0.4 is 10.1 Å². The molecule has 6 heteroatoms. The molecule has 2 rings (SSSR count). The Labute approximate surface area is 110 Å². The van der Waals surface area contributed by atoms with E-state index in [1.807, 2.05) is 0 Å². The monoisotopic (exact) mass is 266 g/mol. The van der Waals surface area contributed by atoms with Crippen molar-refractivity contribution in [2.24, 2.45) is 0 Å². The average Bonchev–Trinajstić information content (AvgIpc) is 2.62. The van der Waals surface area contributed by atoms with Gasteiger partial charge in [-0.3, -0.25) is 9.59 Å². The van der Waals surface area contributed by atoms with Crippen molar-refractivity contribution in [3.63, 3.8) is 0 Å². The van der Waals surface area contributed by atoms with Gasteiger partial charge in [-0.15, -0.1) is 0 Å². The molecule has 0 radical (unpaired) electrons. The summed E-state index contributed by atoms with van der Waals surface area (Å²) in [4.78, 5) is 24.6. The second kappa shape index (κ2) is 6.17. The summed E-state index contributed by atoms with van der Waals surface area (Å²) in [6.45, 7) is 0.822. The van der Waals surface area contributed by atoms with Crippen LogP contribution in [0.2, 0.25) is 0 Å². The van der Waals surface area contributed by atoms with Crippen LogP contribution in [0.4, 0.5) is 4.39 Å². The summed E-state index contributed by atoms with van der Waals surface area (Å²) in [5.41, 5.74) is 0. The second-order valence-corrected chi connectivity index (χ2v) is 4.24. The third-order valence-corrected chi connectivity index (χ3v) is 2.80. The molecule has 1 fully saturated rings. The Morgan fingerprint density at radius 1 is 1.42 bits per heavy atom. The molecular formula is C13H15FN2O3. The lowest BCUT2D eigenvalue weighted by atomic mass is 10.3. The Bertz CT molecular complexity index is 479. The van der Waals surface area contributed by atoms with Gasteiger partial charge in [-0.05, 0) is 18.6 Å². The van der Waals surface area contributed by atoms with E-state index in [4.69, 9.17) is 4.74 Å². The molecular weight excluding hydrogens is 251 g/mol. The highest BCUT2D eigenvalue weighted by atomic mass is 19.1. The van der Waals surface area contributed by atoms with Crippen LogP contribution in [0.15, 0.2) is 24.3 Å². The van der Waals surface area contributed by atoms with Crippen molar-refractivity contribution in [2.75, 3.05) is 26.2 Å². The molecule has 0 spiro atoms. The van der Waals surface area contributed by atoms with Gasteiger partial charge in [0.1, 0.15) is 0 Å². The first-order valence-corrected chi connectivity index (χ1v) is 6.08. The predicted octanol–water partition coefficient (Wildman–Crippen LogP) is 0.553. The molecule has 0 saturated carbocycles. The first kappa shape index (κ1) is 13.3. The van der Waals surface area contributed by atoms with Gasteiger partial charge in [-0.1, -0.05) is 12.1 Å². The predicted molar refractivity (Wildman–Crippen MR) is 66.1 cm³/mol. The van der Waals surface area contributed by atoms with Crippen molar-refractivity contribution in [2.45, 2.75) is 6.42 Å². The highest BCUT2D eigenvalue weighted by Crippen LogP contribution is 2.15. The lowest BCUT2D eigenvalue weighted by Crippen LogP contribution is -2.39. The standard InChI is InChI=1S/C13H15FN2O3/c14-10-4-1-2-5-11(10)19-9-13(18)16-7-3-6-15-12(17)8-16/h1-2,4-5H,3,6-9H2,(H,15,17). The van der Waals surface area contributed by atoms with Crippen LogP contribution in [-0.2, 0) is 9.59 Å². The summed E-state index contributed by atoms with van der Waals surface area (Å²) in [5, 5.41) is 2.68. The Morgan fingerprint density at radius 3 is 3.00 bits per heavy atom. The molecule has 0 unspecified atom stereocenters. The quantitative estimate of drug-likeness (QED) is 0.869. The number of nitrogens with one attached hydrogen (secondary N) is 1. The maximum atomic E-state index is 13.3. The molecule has 1 heterocycles. The van der Waals surface area contributed by atoms with Crippen LogP contribution in [0, 0.1) is 5.82 Å². The Balaban J connectivity index is 1.90. The summed E-state index contributed by atoms with van der Waals surface area (Å²) in [5.74, 6) is -0.976. The summed E-state index contributed by atoms with van der Waals surface area (Å²) in [7, 11) is 0. The number of ether oxygens (including phenoxy) is 1. The number of halogens is 1. The lowest BCUT2D eigenvalue weighted by molar-refractivity contribution is -0.136. The molecule has 1 aliphatic heterocycles. The van der Waals surface area contributed by atoms with Crippen LogP contribution in [0.5, 0.6) is 5.75 Å². The highest BCUT2D eigenvalue weighted by molar-refractivity contribution is 5.85. The topological polar surface area (TPSA) is 58.6 Å². The number of carbonyl (C=O) groups excluding carboxylic acids is 2. The van der Waals surface area contributed by atoms with Crippen molar-refractivity contribution in [3.8, 4) is 5.75 Å². The summed E-state index contributed by atoms with van der Waals surface area (Å²) in [6.07, 6.45) is 0.706. The minimum Gasteiger partial charge on any atom is -0.481 e. The van der Waals surface area contributed by atoms with E-state index in [1.54, 1.807) is 12.1 Å². The third kappa shape index (κ3) is 3.67. The fraction of sp³-hybridized carbons (Fsp3) is 0.385. The first-order valence-electron chi connectivity index (χ1n) is 6.08. The van der Waals surface area contributed by atoms with Gasteiger partial charge in [-0.2, -0.15) is 0 Å². The van der Waals surface area contributed by atoms with Gasteiger partial charge in [0.15, 0.2) is 18.2 Å². The minimum atomic E-state index is -0.510. The lowest BCUT2D eigenvalue weighted by Gasteiger charge is -2.19. The number of hydrogen-bond donors (Lipinski definition) is 1. The van der Waals surface area contributed by atoms with Crippen molar-refractivity contribution in [3.05, 3.63) is 30.1 Å².